The monoisotopic (exact) mass is 370 g/mol. The van der Waals surface area contributed by atoms with Crippen molar-refractivity contribution in [1.82, 2.24) is 14.4 Å². The maximum absolute atomic E-state index is 12.5. The quantitative estimate of drug-likeness (QED) is 0.866. The van der Waals surface area contributed by atoms with E-state index in [1.54, 1.807) is 0 Å². The lowest BCUT2D eigenvalue weighted by Gasteiger charge is -2.18. The molecule has 24 heavy (non-hydrogen) atoms. The molecule has 1 heterocycles. The number of hydrogen-bond donors (Lipinski definition) is 1. The number of sulfonamides is 1. The molecule has 0 aliphatic heterocycles. The van der Waals surface area contributed by atoms with Gasteiger partial charge in [-0.2, -0.15) is 9.29 Å². The van der Waals surface area contributed by atoms with Gasteiger partial charge in [-0.1, -0.05) is 29.6 Å². The molecule has 0 bridgehead atoms. The first-order valence-corrected chi connectivity index (χ1v) is 9.47. The van der Waals surface area contributed by atoms with Crippen molar-refractivity contribution in [2.24, 2.45) is 5.73 Å². The highest BCUT2D eigenvalue weighted by molar-refractivity contribution is 7.89. The van der Waals surface area contributed by atoms with Gasteiger partial charge >= 0.3 is 0 Å². The first-order chi connectivity index (χ1) is 11.3. The van der Waals surface area contributed by atoms with Crippen LogP contribution in [0.1, 0.15) is 37.4 Å². The lowest BCUT2D eigenvalue weighted by Crippen LogP contribution is -2.34. The first kappa shape index (κ1) is 17.3. The maximum Gasteiger partial charge on any atom is 0.243 e. The van der Waals surface area contributed by atoms with E-state index >= 15 is 0 Å². The molecular formula is C15H19ClN4O3S. The van der Waals surface area contributed by atoms with Crippen molar-refractivity contribution >= 4 is 21.6 Å². The van der Waals surface area contributed by atoms with Crippen LogP contribution in [0.3, 0.4) is 0 Å². The van der Waals surface area contributed by atoms with Crippen molar-refractivity contribution in [2.75, 3.05) is 7.05 Å². The Labute approximate surface area is 145 Å². The van der Waals surface area contributed by atoms with Crippen molar-refractivity contribution in [1.29, 1.82) is 0 Å². The van der Waals surface area contributed by atoms with Crippen LogP contribution in [0, 0.1) is 0 Å². The van der Waals surface area contributed by atoms with Gasteiger partial charge in [0.25, 0.3) is 0 Å². The Morgan fingerprint density at radius 1 is 1.29 bits per heavy atom. The third-order valence-electron chi connectivity index (χ3n) is 4.29. The highest BCUT2D eigenvalue weighted by Crippen LogP contribution is 2.34. The molecule has 130 valence electrons. The van der Waals surface area contributed by atoms with Crippen molar-refractivity contribution in [3.8, 4) is 0 Å². The summed E-state index contributed by atoms with van der Waals surface area (Å²) in [6.45, 7) is -0.0198. The van der Waals surface area contributed by atoms with Crippen LogP contribution in [-0.2, 0) is 22.1 Å². The summed E-state index contributed by atoms with van der Waals surface area (Å²) < 4.78 is 31.4. The zero-order valence-electron chi connectivity index (χ0n) is 13.3. The number of nitrogens with two attached hydrogens (primary N) is 1. The highest BCUT2D eigenvalue weighted by atomic mass is 35.5. The topological polar surface area (TPSA) is 102 Å². The Morgan fingerprint density at radius 3 is 2.54 bits per heavy atom. The Balaban J connectivity index is 1.76. The third kappa shape index (κ3) is 3.32. The van der Waals surface area contributed by atoms with E-state index in [1.807, 2.05) is 0 Å². The number of halogens is 1. The van der Waals surface area contributed by atoms with Gasteiger partial charge in [-0.3, -0.25) is 0 Å². The molecule has 7 nitrogen and oxygen atoms in total. The van der Waals surface area contributed by atoms with Crippen LogP contribution < -0.4 is 5.73 Å². The van der Waals surface area contributed by atoms with E-state index in [2.05, 4.69) is 10.1 Å². The molecule has 1 fully saturated rings. The van der Waals surface area contributed by atoms with Crippen LogP contribution in [0.5, 0.6) is 0 Å². The lowest BCUT2D eigenvalue weighted by molar-refractivity contribution is 0.323. The molecule has 0 spiro atoms. The normalized spacial score (nSPS) is 17.5. The average Bonchev–Trinajstić information content (AvgIpc) is 3.18. The Hall–Kier alpha value is -1.48. The van der Waals surface area contributed by atoms with Crippen molar-refractivity contribution < 1.29 is 12.9 Å². The van der Waals surface area contributed by atoms with Gasteiger partial charge < -0.3 is 10.3 Å². The van der Waals surface area contributed by atoms with Gasteiger partial charge in [0, 0.05) is 12.1 Å². The van der Waals surface area contributed by atoms with E-state index in [9.17, 15) is 8.42 Å². The molecule has 2 aromatic rings. The van der Waals surface area contributed by atoms with Gasteiger partial charge in [0.05, 0.1) is 17.0 Å². The Kier molecular flexibility index (Phi) is 4.65. The highest BCUT2D eigenvalue weighted by Gasteiger charge is 2.36. The van der Waals surface area contributed by atoms with Crippen molar-refractivity contribution in [3.63, 3.8) is 0 Å². The van der Waals surface area contributed by atoms with Gasteiger partial charge in [0.15, 0.2) is 5.82 Å². The zero-order valence-corrected chi connectivity index (χ0v) is 14.8. The molecule has 0 radical (unpaired) electrons. The molecule has 3 rings (SSSR count). The SMILES string of the molecule is CN(Cc1nc(C2(N)CCCC2)no1)S(=O)(=O)c1ccc(Cl)cc1. The summed E-state index contributed by atoms with van der Waals surface area (Å²) in [5.41, 5.74) is 5.73. The maximum atomic E-state index is 12.5. The second kappa shape index (κ2) is 6.44. The molecular weight excluding hydrogens is 352 g/mol. The summed E-state index contributed by atoms with van der Waals surface area (Å²) in [7, 11) is -2.20. The van der Waals surface area contributed by atoms with E-state index in [1.165, 1.54) is 31.3 Å². The number of nitrogens with zero attached hydrogens (tertiary/aromatic N) is 3. The summed E-state index contributed by atoms with van der Waals surface area (Å²) >= 11 is 5.80. The van der Waals surface area contributed by atoms with Gasteiger partial charge in [-0.15, -0.1) is 0 Å². The molecule has 0 amide bonds. The van der Waals surface area contributed by atoms with Gasteiger partial charge in [0.1, 0.15) is 0 Å². The molecule has 1 aromatic heterocycles. The molecule has 2 N–H and O–H groups in total. The minimum absolute atomic E-state index is 0.0198. The Bertz CT molecular complexity index is 813. The van der Waals surface area contributed by atoms with E-state index in [0.29, 0.717) is 10.8 Å². The first-order valence-electron chi connectivity index (χ1n) is 7.65. The van der Waals surface area contributed by atoms with Crippen LogP contribution in [-0.4, -0.2) is 29.9 Å². The lowest BCUT2D eigenvalue weighted by atomic mass is 9.99. The predicted octanol–water partition coefficient (Wildman–Crippen LogP) is 2.27. The molecule has 0 saturated heterocycles. The molecule has 0 atom stereocenters. The zero-order chi connectivity index (χ0) is 17.4. The molecule has 1 saturated carbocycles. The molecule has 1 aromatic carbocycles. The fourth-order valence-corrected chi connectivity index (χ4v) is 4.06. The van der Waals surface area contributed by atoms with Crippen LogP contribution in [0.4, 0.5) is 0 Å². The summed E-state index contributed by atoms with van der Waals surface area (Å²) in [5.74, 6) is 0.675. The third-order valence-corrected chi connectivity index (χ3v) is 6.36. The van der Waals surface area contributed by atoms with Crippen molar-refractivity contribution in [2.45, 2.75) is 42.7 Å². The van der Waals surface area contributed by atoms with E-state index in [0.717, 1.165) is 30.0 Å². The Morgan fingerprint density at radius 2 is 1.92 bits per heavy atom. The van der Waals surface area contributed by atoms with Crippen molar-refractivity contribution in [3.05, 3.63) is 41.0 Å². The average molecular weight is 371 g/mol. The minimum Gasteiger partial charge on any atom is -0.338 e. The fourth-order valence-electron chi connectivity index (χ4n) is 2.81. The minimum atomic E-state index is -3.66. The second-order valence-corrected chi connectivity index (χ2v) is 8.57. The number of rotatable bonds is 5. The summed E-state index contributed by atoms with van der Waals surface area (Å²) in [4.78, 5) is 4.45. The van der Waals surface area contributed by atoms with E-state index < -0.39 is 15.6 Å². The summed E-state index contributed by atoms with van der Waals surface area (Å²) in [6.07, 6.45) is 3.69. The van der Waals surface area contributed by atoms with Crippen LogP contribution in [0.25, 0.3) is 0 Å². The second-order valence-electron chi connectivity index (χ2n) is 6.09. The molecule has 9 heteroatoms. The van der Waals surface area contributed by atoms with E-state index in [-0.39, 0.29) is 17.3 Å². The number of aromatic nitrogens is 2. The molecule has 1 aliphatic carbocycles. The molecule has 1 aliphatic rings. The number of benzene rings is 1. The van der Waals surface area contributed by atoms with Crippen LogP contribution >= 0.6 is 11.6 Å². The van der Waals surface area contributed by atoms with Gasteiger partial charge in [0.2, 0.25) is 15.9 Å². The summed E-state index contributed by atoms with van der Waals surface area (Å²) in [5, 5.41) is 4.41. The van der Waals surface area contributed by atoms with Crippen LogP contribution in [0.2, 0.25) is 5.02 Å². The summed E-state index contributed by atoms with van der Waals surface area (Å²) in [6, 6.07) is 5.98. The largest absolute Gasteiger partial charge is 0.338 e. The number of hydrogen-bond acceptors (Lipinski definition) is 6. The fraction of sp³-hybridized carbons (Fsp3) is 0.467. The smallest absolute Gasteiger partial charge is 0.243 e. The van der Waals surface area contributed by atoms with E-state index in [4.69, 9.17) is 21.9 Å². The van der Waals surface area contributed by atoms with Gasteiger partial charge in [-0.25, -0.2) is 8.42 Å². The molecule has 0 unspecified atom stereocenters. The predicted molar refractivity (Wildman–Crippen MR) is 88.7 cm³/mol. The van der Waals surface area contributed by atoms with Crippen LogP contribution in [0.15, 0.2) is 33.7 Å². The standard InChI is InChI=1S/C15H19ClN4O3S/c1-20(24(21,22)12-6-4-11(16)5-7-12)10-13-18-14(19-23-13)15(17)8-2-3-9-15/h4-7H,2-3,8-10,17H2,1H3. The van der Waals surface area contributed by atoms with Gasteiger partial charge in [-0.05, 0) is 37.1 Å².